The van der Waals surface area contributed by atoms with Crippen LogP contribution in [0.2, 0.25) is 0 Å². The second-order valence-corrected chi connectivity index (χ2v) is 7.96. The Morgan fingerprint density at radius 1 is 1.09 bits per heavy atom. The van der Waals surface area contributed by atoms with Crippen LogP contribution in [0.15, 0.2) is 53.7 Å². The van der Waals surface area contributed by atoms with E-state index >= 15 is 0 Å². The third kappa shape index (κ3) is 3.52. The summed E-state index contributed by atoms with van der Waals surface area (Å²) in [5.74, 6) is 1.01. The van der Waals surface area contributed by atoms with Gasteiger partial charge >= 0.3 is 0 Å². The lowest BCUT2D eigenvalue weighted by Gasteiger charge is -2.12. The highest BCUT2D eigenvalue weighted by molar-refractivity contribution is 7.07. The molecule has 13 nitrogen and oxygen atoms in total. The topological polar surface area (TPSA) is 175 Å². The molecule has 2 N–H and O–H groups in total. The molecule has 0 aliphatic rings. The molecule has 0 saturated heterocycles. The molecule has 6 aromatic rings. The van der Waals surface area contributed by atoms with Gasteiger partial charge in [-0.3, -0.25) is 0 Å². The Kier molecular flexibility index (Phi) is 4.86. The first-order chi connectivity index (χ1) is 17.2. The number of hydrogen-bond donors (Lipinski definition) is 1. The van der Waals surface area contributed by atoms with E-state index in [-0.39, 0.29) is 12.5 Å². The third-order valence-corrected chi connectivity index (χ3v) is 5.77. The van der Waals surface area contributed by atoms with Crippen molar-refractivity contribution in [2.24, 2.45) is 0 Å². The quantitative estimate of drug-likeness (QED) is 0.382. The zero-order chi connectivity index (χ0) is 23.8. The van der Waals surface area contributed by atoms with Crippen molar-refractivity contribution in [1.29, 1.82) is 5.26 Å². The number of nitrogens with two attached hydrogens (primary N) is 1. The molecule has 14 heteroatoms. The molecular weight excluding hydrogens is 466 g/mol. The SMILES string of the molecule is N#Cc1ccccc1-c1nc(N)n2nc(Cn3nnnc3-c3cscn3)nc2c1-c1ccncn1. The summed E-state index contributed by atoms with van der Waals surface area (Å²) in [7, 11) is 0. The monoisotopic (exact) mass is 479 g/mol. The van der Waals surface area contributed by atoms with Crippen LogP contribution in [-0.2, 0) is 6.54 Å². The number of tetrazole rings is 1. The van der Waals surface area contributed by atoms with E-state index in [1.54, 1.807) is 40.7 Å². The lowest BCUT2D eigenvalue weighted by Crippen LogP contribution is -2.08. The van der Waals surface area contributed by atoms with Crippen LogP contribution in [0, 0.1) is 11.3 Å². The summed E-state index contributed by atoms with van der Waals surface area (Å²) in [6.45, 7) is 0.175. The highest BCUT2D eigenvalue weighted by Crippen LogP contribution is 2.35. The number of rotatable bonds is 5. The van der Waals surface area contributed by atoms with E-state index in [9.17, 15) is 5.26 Å². The first-order valence-electron chi connectivity index (χ1n) is 10.2. The van der Waals surface area contributed by atoms with Gasteiger partial charge in [-0.25, -0.2) is 29.6 Å². The van der Waals surface area contributed by atoms with Crippen LogP contribution in [0.25, 0.3) is 39.7 Å². The van der Waals surface area contributed by atoms with E-state index in [2.05, 4.69) is 46.6 Å². The minimum absolute atomic E-state index is 0.107. The summed E-state index contributed by atoms with van der Waals surface area (Å²) in [5, 5.41) is 28.0. The smallest absolute Gasteiger partial charge is 0.223 e. The van der Waals surface area contributed by atoms with Crippen molar-refractivity contribution in [2.75, 3.05) is 5.73 Å². The molecule has 0 unspecified atom stereocenters. The van der Waals surface area contributed by atoms with Crippen LogP contribution in [0.3, 0.4) is 0 Å². The molecule has 0 fully saturated rings. The van der Waals surface area contributed by atoms with Crippen molar-refractivity contribution in [1.82, 2.24) is 54.7 Å². The lowest BCUT2D eigenvalue weighted by molar-refractivity contribution is 0.627. The van der Waals surface area contributed by atoms with Gasteiger partial charge in [-0.15, -0.1) is 21.5 Å². The number of nitriles is 1. The summed E-state index contributed by atoms with van der Waals surface area (Å²) in [6.07, 6.45) is 3.05. The van der Waals surface area contributed by atoms with Crippen LogP contribution in [0.5, 0.6) is 0 Å². The summed E-state index contributed by atoms with van der Waals surface area (Å²) in [4.78, 5) is 22.0. The fraction of sp³-hybridized carbons (Fsp3) is 0.0476. The van der Waals surface area contributed by atoms with Crippen molar-refractivity contribution in [3.63, 3.8) is 0 Å². The average molecular weight is 479 g/mol. The van der Waals surface area contributed by atoms with Gasteiger partial charge in [0.15, 0.2) is 11.5 Å². The molecule has 6 rings (SSSR count). The number of fused-ring (bicyclic) bond motifs is 1. The second kappa shape index (κ2) is 8.32. The van der Waals surface area contributed by atoms with Crippen LogP contribution in [0.4, 0.5) is 5.95 Å². The Bertz CT molecular complexity index is 1700. The molecule has 0 atom stereocenters. The molecule has 168 valence electrons. The number of nitrogen functional groups attached to an aromatic ring is 1. The molecule has 5 heterocycles. The van der Waals surface area contributed by atoms with Crippen molar-refractivity contribution in [3.05, 3.63) is 65.1 Å². The zero-order valence-electron chi connectivity index (χ0n) is 17.8. The molecule has 0 spiro atoms. The fourth-order valence-electron chi connectivity index (χ4n) is 3.67. The predicted octanol–water partition coefficient (Wildman–Crippen LogP) is 1.86. The Hall–Kier alpha value is -5.16. The summed E-state index contributed by atoms with van der Waals surface area (Å²) < 4.78 is 3.00. The van der Waals surface area contributed by atoms with E-state index in [4.69, 9.17) is 10.7 Å². The summed E-state index contributed by atoms with van der Waals surface area (Å²) in [6, 6.07) is 11.1. The first kappa shape index (κ1) is 20.4. The molecule has 0 aliphatic carbocycles. The first-order valence-corrected chi connectivity index (χ1v) is 11.1. The van der Waals surface area contributed by atoms with Gasteiger partial charge in [0.05, 0.1) is 34.1 Å². The average Bonchev–Trinajstić information content (AvgIpc) is 3.66. The number of hydrogen-bond acceptors (Lipinski definition) is 12. The van der Waals surface area contributed by atoms with Gasteiger partial charge < -0.3 is 5.73 Å². The largest absolute Gasteiger partial charge is 0.368 e. The Morgan fingerprint density at radius 2 is 2.00 bits per heavy atom. The maximum atomic E-state index is 9.68. The number of nitrogens with zero attached hydrogens (tertiary/aromatic N) is 12. The number of thiazole rings is 1. The van der Waals surface area contributed by atoms with E-state index < -0.39 is 0 Å². The van der Waals surface area contributed by atoms with E-state index in [1.807, 2.05) is 11.4 Å². The molecule has 0 saturated carbocycles. The van der Waals surface area contributed by atoms with Gasteiger partial charge in [-0.1, -0.05) is 18.2 Å². The molecular formula is C21H13N13S. The van der Waals surface area contributed by atoms with E-state index in [0.717, 1.165) is 0 Å². The number of aromatic nitrogens is 11. The highest BCUT2D eigenvalue weighted by atomic mass is 32.1. The molecule has 1 aromatic carbocycles. The van der Waals surface area contributed by atoms with Crippen LogP contribution in [-0.4, -0.2) is 54.7 Å². The Labute approximate surface area is 200 Å². The van der Waals surface area contributed by atoms with Crippen LogP contribution < -0.4 is 5.73 Å². The maximum Gasteiger partial charge on any atom is 0.223 e. The van der Waals surface area contributed by atoms with Crippen molar-refractivity contribution in [3.8, 4) is 40.1 Å². The van der Waals surface area contributed by atoms with Gasteiger partial charge in [0.25, 0.3) is 0 Å². The van der Waals surface area contributed by atoms with E-state index in [1.165, 1.54) is 22.2 Å². The van der Waals surface area contributed by atoms with E-state index in [0.29, 0.717) is 51.1 Å². The second-order valence-electron chi connectivity index (χ2n) is 7.24. The van der Waals surface area contributed by atoms with Gasteiger partial charge in [-0.05, 0) is 22.6 Å². The number of benzene rings is 1. The fourth-order valence-corrected chi connectivity index (χ4v) is 4.21. The normalized spacial score (nSPS) is 11.1. The molecule has 35 heavy (non-hydrogen) atoms. The number of anilines is 1. The van der Waals surface area contributed by atoms with Gasteiger partial charge in [-0.2, -0.15) is 9.78 Å². The maximum absolute atomic E-state index is 9.68. The summed E-state index contributed by atoms with van der Waals surface area (Å²) in [5.41, 5.74) is 11.7. The Balaban J connectivity index is 1.55. The van der Waals surface area contributed by atoms with Crippen LogP contribution in [0.1, 0.15) is 11.4 Å². The summed E-state index contributed by atoms with van der Waals surface area (Å²) >= 11 is 1.45. The van der Waals surface area contributed by atoms with Crippen molar-refractivity contribution < 1.29 is 0 Å². The molecule has 0 aliphatic heterocycles. The van der Waals surface area contributed by atoms with Crippen LogP contribution >= 0.6 is 11.3 Å². The van der Waals surface area contributed by atoms with Gasteiger partial charge in [0.1, 0.15) is 18.6 Å². The van der Waals surface area contributed by atoms with Crippen molar-refractivity contribution in [2.45, 2.75) is 6.54 Å². The predicted molar refractivity (Wildman–Crippen MR) is 124 cm³/mol. The molecule has 0 radical (unpaired) electrons. The highest BCUT2D eigenvalue weighted by Gasteiger charge is 2.23. The molecule has 0 amide bonds. The molecule has 5 aromatic heterocycles. The van der Waals surface area contributed by atoms with Gasteiger partial charge in [0, 0.05) is 17.1 Å². The standard InChI is InChI=1S/C21H13N13S/c22-7-12-3-1-2-4-13(12)18-17(14-5-6-24-10-25-14)20-27-16(30-34(20)21(23)28-18)8-33-19(29-31-32-33)15-9-35-11-26-15/h1-6,9-11H,8H2,(H2,23,28). The zero-order valence-corrected chi connectivity index (χ0v) is 18.6. The minimum Gasteiger partial charge on any atom is -0.368 e. The minimum atomic E-state index is 0.107. The Morgan fingerprint density at radius 3 is 2.80 bits per heavy atom. The third-order valence-electron chi connectivity index (χ3n) is 5.18. The van der Waals surface area contributed by atoms with Crippen molar-refractivity contribution >= 4 is 22.9 Å². The van der Waals surface area contributed by atoms with Gasteiger partial charge in [0.2, 0.25) is 11.8 Å². The molecule has 0 bridgehead atoms. The lowest BCUT2D eigenvalue weighted by atomic mass is 9.99.